The summed E-state index contributed by atoms with van der Waals surface area (Å²) < 4.78 is 18.5. The summed E-state index contributed by atoms with van der Waals surface area (Å²) in [6.07, 6.45) is 1.02. The Morgan fingerprint density at radius 3 is 2.93 bits per heavy atom. The Hall–Kier alpha value is -1.09. The summed E-state index contributed by atoms with van der Waals surface area (Å²) in [6, 6.07) is 5.09. The first-order valence-electron chi connectivity index (χ1n) is 4.85. The van der Waals surface area contributed by atoms with Crippen LogP contribution in [0.25, 0.3) is 0 Å². The van der Waals surface area contributed by atoms with E-state index < -0.39 is 0 Å². The maximum absolute atomic E-state index is 13.6. The molecule has 14 heavy (non-hydrogen) atoms. The highest BCUT2D eigenvalue weighted by atomic mass is 19.1. The molecule has 0 aromatic heterocycles. The van der Waals surface area contributed by atoms with Gasteiger partial charge in [-0.1, -0.05) is 6.07 Å². The number of halogens is 1. The Bertz CT molecular complexity index is 321. The fourth-order valence-electron chi connectivity index (χ4n) is 1.89. The van der Waals surface area contributed by atoms with Gasteiger partial charge in [0.15, 0.2) is 0 Å². The molecule has 0 bridgehead atoms. The van der Waals surface area contributed by atoms with Gasteiger partial charge < -0.3 is 10.1 Å². The summed E-state index contributed by atoms with van der Waals surface area (Å²) in [4.78, 5) is 0. The summed E-state index contributed by atoms with van der Waals surface area (Å²) in [5.74, 6) is 0.746. The van der Waals surface area contributed by atoms with E-state index in [-0.39, 0.29) is 5.82 Å². The van der Waals surface area contributed by atoms with E-state index in [0.29, 0.717) is 11.7 Å². The van der Waals surface area contributed by atoms with Crippen LogP contribution in [0, 0.1) is 5.82 Å². The molecule has 0 saturated carbocycles. The molecule has 2 nitrogen and oxygen atoms in total. The number of nitrogens with one attached hydrogen (secondary N) is 1. The van der Waals surface area contributed by atoms with Crippen molar-refractivity contribution in [3.63, 3.8) is 0 Å². The van der Waals surface area contributed by atoms with Crippen LogP contribution in [0.2, 0.25) is 0 Å². The highest BCUT2D eigenvalue weighted by Crippen LogP contribution is 2.27. The van der Waals surface area contributed by atoms with Crippen LogP contribution in [0.1, 0.15) is 17.9 Å². The molecule has 0 radical (unpaired) electrons. The van der Waals surface area contributed by atoms with Gasteiger partial charge in [0.2, 0.25) is 0 Å². The molecule has 1 aromatic carbocycles. The third-order valence-electron chi connectivity index (χ3n) is 2.71. The Labute approximate surface area is 83.1 Å². The van der Waals surface area contributed by atoms with Crippen molar-refractivity contribution in [2.45, 2.75) is 12.3 Å². The molecule has 0 spiro atoms. The third kappa shape index (κ3) is 1.73. The topological polar surface area (TPSA) is 21.3 Å². The molecule has 1 aliphatic heterocycles. The molecule has 1 atom stereocenters. The Morgan fingerprint density at radius 1 is 1.50 bits per heavy atom. The van der Waals surface area contributed by atoms with Crippen LogP contribution in [-0.4, -0.2) is 20.2 Å². The van der Waals surface area contributed by atoms with Crippen molar-refractivity contribution in [3.05, 3.63) is 29.6 Å². The Balaban J connectivity index is 2.25. The quantitative estimate of drug-likeness (QED) is 0.778. The number of rotatable bonds is 2. The average Bonchev–Trinajstić information content (AvgIpc) is 2.70. The van der Waals surface area contributed by atoms with Crippen LogP contribution in [0.4, 0.5) is 4.39 Å². The normalized spacial score (nSPS) is 21.1. The second-order valence-electron chi connectivity index (χ2n) is 3.58. The van der Waals surface area contributed by atoms with E-state index >= 15 is 0 Å². The molecule has 1 saturated heterocycles. The number of ether oxygens (including phenoxy) is 1. The molecule has 1 aromatic rings. The lowest BCUT2D eigenvalue weighted by atomic mass is 9.98. The van der Waals surface area contributed by atoms with Crippen molar-refractivity contribution in [2.75, 3.05) is 20.2 Å². The van der Waals surface area contributed by atoms with E-state index in [2.05, 4.69) is 5.32 Å². The second kappa shape index (κ2) is 3.96. The van der Waals surface area contributed by atoms with Gasteiger partial charge in [-0.05, 0) is 24.6 Å². The summed E-state index contributed by atoms with van der Waals surface area (Å²) in [5, 5.41) is 3.23. The Kier molecular flexibility index (Phi) is 2.68. The summed E-state index contributed by atoms with van der Waals surface area (Å²) >= 11 is 0. The average molecular weight is 195 g/mol. The largest absolute Gasteiger partial charge is 0.497 e. The van der Waals surface area contributed by atoms with Crippen molar-refractivity contribution >= 4 is 0 Å². The standard InChI is InChI=1S/C11H14FNO/c1-14-9-2-3-10(11(12)6-9)8-4-5-13-7-8/h2-3,6,8,13H,4-5,7H2,1H3/t8-/m0/s1. The minimum atomic E-state index is -0.155. The maximum Gasteiger partial charge on any atom is 0.130 e. The third-order valence-corrected chi connectivity index (χ3v) is 2.71. The first-order valence-corrected chi connectivity index (χ1v) is 4.85. The second-order valence-corrected chi connectivity index (χ2v) is 3.58. The van der Waals surface area contributed by atoms with E-state index in [9.17, 15) is 4.39 Å². The van der Waals surface area contributed by atoms with Crippen molar-refractivity contribution < 1.29 is 9.13 Å². The molecule has 0 aliphatic carbocycles. The lowest BCUT2D eigenvalue weighted by molar-refractivity contribution is 0.410. The first-order chi connectivity index (χ1) is 6.81. The zero-order valence-corrected chi connectivity index (χ0v) is 8.22. The van der Waals surface area contributed by atoms with Crippen molar-refractivity contribution in [2.24, 2.45) is 0 Å². The predicted octanol–water partition coefficient (Wildman–Crippen LogP) is 1.91. The highest BCUT2D eigenvalue weighted by Gasteiger charge is 2.19. The molecule has 2 rings (SSSR count). The molecule has 1 aliphatic rings. The van der Waals surface area contributed by atoms with E-state index in [4.69, 9.17) is 4.74 Å². The molecule has 1 fully saturated rings. The van der Waals surface area contributed by atoms with Crippen LogP contribution in [0.3, 0.4) is 0 Å². The van der Waals surface area contributed by atoms with Crippen LogP contribution < -0.4 is 10.1 Å². The SMILES string of the molecule is COc1ccc([C@H]2CCNC2)c(F)c1. The molecular formula is C11H14FNO. The minimum Gasteiger partial charge on any atom is -0.497 e. The van der Waals surface area contributed by atoms with Gasteiger partial charge in [0.05, 0.1) is 7.11 Å². The van der Waals surface area contributed by atoms with Gasteiger partial charge in [-0.15, -0.1) is 0 Å². The molecule has 3 heteroatoms. The Morgan fingerprint density at radius 2 is 2.36 bits per heavy atom. The van der Waals surface area contributed by atoms with Gasteiger partial charge in [-0.25, -0.2) is 4.39 Å². The van der Waals surface area contributed by atoms with Gasteiger partial charge >= 0.3 is 0 Å². The number of methoxy groups -OCH3 is 1. The fourth-order valence-corrected chi connectivity index (χ4v) is 1.89. The van der Waals surface area contributed by atoms with Crippen LogP contribution >= 0.6 is 0 Å². The van der Waals surface area contributed by atoms with Gasteiger partial charge in [0, 0.05) is 18.5 Å². The zero-order chi connectivity index (χ0) is 9.97. The van der Waals surface area contributed by atoms with Gasteiger partial charge in [-0.3, -0.25) is 0 Å². The first kappa shape index (κ1) is 9.46. The molecular weight excluding hydrogens is 181 g/mol. The molecule has 1 N–H and O–H groups in total. The maximum atomic E-state index is 13.6. The van der Waals surface area contributed by atoms with E-state index in [1.54, 1.807) is 7.11 Å². The minimum absolute atomic E-state index is 0.155. The van der Waals surface area contributed by atoms with Crippen LogP contribution in [0.5, 0.6) is 5.75 Å². The van der Waals surface area contributed by atoms with E-state index in [1.165, 1.54) is 6.07 Å². The smallest absolute Gasteiger partial charge is 0.130 e. The molecule has 0 amide bonds. The van der Waals surface area contributed by atoms with E-state index in [0.717, 1.165) is 25.1 Å². The van der Waals surface area contributed by atoms with Crippen LogP contribution in [-0.2, 0) is 0 Å². The monoisotopic (exact) mass is 195 g/mol. The van der Waals surface area contributed by atoms with Crippen molar-refractivity contribution in [1.29, 1.82) is 0 Å². The lowest BCUT2D eigenvalue weighted by Crippen LogP contribution is -2.08. The molecule has 76 valence electrons. The molecule has 0 unspecified atom stereocenters. The summed E-state index contributed by atoms with van der Waals surface area (Å²) in [7, 11) is 1.55. The van der Waals surface area contributed by atoms with Gasteiger partial charge in [0.1, 0.15) is 11.6 Å². The lowest BCUT2D eigenvalue weighted by Gasteiger charge is -2.10. The summed E-state index contributed by atoms with van der Waals surface area (Å²) in [5.41, 5.74) is 0.802. The summed E-state index contributed by atoms with van der Waals surface area (Å²) in [6.45, 7) is 1.86. The van der Waals surface area contributed by atoms with Crippen molar-refractivity contribution in [1.82, 2.24) is 5.32 Å². The van der Waals surface area contributed by atoms with Crippen LogP contribution in [0.15, 0.2) is 18.2 Å². The number of hydrogen-bond acceptors (Lipinski definition) is 2. The predicted molar refractivity (Wildman–Crippen MR) is 53.2 cm³/mol. The highest BCUT2D eigenvalue weighted by molar-refractivity contribution is 5.31. The van der Waals surface area contributed by atoms with Gasteiger partial charge in [-0.2, -0.15) is 0 Å². The molecule has 1 heterocycles. The number of benzene rings is 1. The zero-order valence-electron chi connectivity index (χ0n) is 8.22. The van der Waals surface area contributed by atoms with E-state index in [1.807, 2.05) is 12.1 Å². The van der Waals surface area contributed by atoms with Gasteiger partial charge in [0.25, 0.3) is 0 Å². The fraction of sp³-hybridized carbons (Fsp3) is 0.455. The van der Waals surface area contributed by atoms with Crippen molar-refractivity contribution in [3.8, 4) is 5.75 Å². The number of hydrogen-bond donors (Lipinski definition) is 1.